The lowest BCUT2D eigenvalue weighted by molar-refractivity contribution is -0.117. The van der Waals surface area contributed by atoms with E-state index in [2.05, 4.69) is 0 Å². The molecule has 0 saturated carbocycles. The summed E-state index contributed by atoms with van der Waals surface area (Å²) in [4.78, 5) is 13.3. The molecule has 1 amide bonds. The third-order valence-electron chi connectivity index (χ3n) is 2.68. The van der Waals surface area contributed by atoms with Gasteiger partial charge >= 0.3 is 0 Å². The van der Waals surface area contributed by atoms with Crippen LogP contribution >= 0.6 is 0 Å². The van der Waals surface area contributed by atoms with E-state index in [-0.39, 0.29) is 12.5 Å². The standard InChI is InChI=1S/C11H14N2O2/c1-15-10-4-2-3-9-8(10)5-6-13(9)11(14)7-12/h2-4H,5-7,12H2,1H3. The fraction of sp³-hybridized carbons (Fsp3) is 0.364. The van der Waals surface area contributed by atoms with E-state index in [4.69, 9.17) is 10.5 Å². The number of amides is 1. The van der Waals surface area contributed by atoms with Crippen LogP contribution in [0.1, 0.15) is 5.56 Å². The topological polar surface area (TPSA) is 55.6 Å². The van der Waals surface area contributed by atoms with Gasteiger partial charge in [0.05, 0.1) is 19.3 Å². The summed E-state index contributed by atoms with van der Waals surface area (Å²) in [5.41, 5.74) is 7.39. The maximum absolute atomic E-state index is 11.5. The van der Waals surface area contributed by atoms with E-state index in [0.29, 0.717) is 6.54 Å². The first kappa shape index (κ1) is 9.98. The minimum Gasteiger partial charge on any atom is -0.496 e. The van der Waals surface area contributed by atoms with Gasteiger partial charge in [-0.25, -0.2) is 0 Å². The minimum atomic E-state index is -0.0398. The molecule has 0 atom stereocenters. The van der Waals surface area contributed by atoms with Crippen molar-refractivity contribution >= 4 is 11.6 Å². The molecule has 0 unspecified atom stereocenters. The Balaban J connectivity index is 2.39. The van der Waals surface area contributed by atoms with Crippen molar-refractivity contribution in [1.82, 2.24) is 0 Å². The first-order valence-electron chi connectivity index (χ1n) is 4.94. The molecular weight excluding hydrogens is 192 g/mol. The molecule has 2 N–H and O–H groups in total. The molecule has 1 aliphatic heterocycles. The van der Waals surface area contributed by atoms with Crippen molar-refractivity contribution in [3.8, 4) is 5.75 Å². The fourth-order valence-corrected chi connectivity index (χ4v) is 1.96. The Morgan fingerprint density at radius 2 is 2.40 bits per heavy atom. The number of fused-ring (bicyclic) bond motifs is 1. The molecule has 2 rings (SSSR count). The Labute approximate surface area is 88.6 Å². The first-order chi connectivity index (χ1) is 7.27. The molecule has 0 saturated heterocycles. The predicted octanol–water partition coefficient (Wildman–Crippen LogP) is 0.543. The number of hydrogen-bond acceptors (Lipinski definition) is 3. The minimum absolute atomic E-state index is 0.0398. The highest BCUT2D eigenvalue weighted by molar-refractivity contribution is 5.97. The van der Waals surface area contributed by atoms with E-state index >= 15 is 0 Å². The number of ether oxygens (including phenoxy) is 1. The number of anilines is 1. The van der Waals surface area contributed by atoms with Gasteiger partial charge in [-0.15, -0.1) is 0 Å². The van der Waals surface area contributed by atoms with E-state index in [1.54, 1.807) is 12.0 Å². The number of hydrogen-bond donors (Lipinski definition) is 1. The highest BCUT2D eigenvalue weighted by Crippen LogP contribution is 2.34. The van der Waals surface area contributed by atoms with Crippen molar-refractivity contribution in [2.24, 2.45) is 5.73 Å². The summed E-state index contributed by atoms with van der Waals surface area (Å²) in [6.07, 6.45) is 0.838. The van der Waals surface area contributed by atoms with Gasteiger partial charge in [0.1, 0.15) is 5.75 Å². The van der Waals surface area contributed by atoms with Crippen molar-refractivity contribution in [2.75, 3.05) is 25.1 Å². The van der Waals surface area contributed by atoms with Crippen LogP contribution < -0.4 is 15.4 Å². The van der Waals surface area contributed by atoms with Crippen LogP contribution in [0.2, 0.25) is 0 Å². The van der Waals surface area contributed by atoms with Gasteiger partial charge in [-0.1, -0.05) is 6.07 Å². The average molecular weight is 206 g/mol. The summed E-state index contributed by atoms with van der Waals surface area (Å²) in [6.45, 7) is 0.752. The molecule has 1 heterocycles. The number of benzene rings is 1. The second-order valence-electron chi connectivity index (χ2n) is 3.46. The maximum Gasteiger partial charge on any atom is 0.240 e. The molecule has 4 nitrogen and oxygen atoms in total. The number of nitrogens with two attached hydrogens (primary N) is 1. The quantitative estimate of drug-likeness (QED) is 0.768. The van der Waals surface area contributed by atoms with Crippen LogP contribution in [0.5, 0.6) is 5.75 Å². The van der Waals surface area contributed by atoms with Crippen LogP contribution in [0.15, 0.2) is 18.2 Å². The molecule has 0 aliphatic carbocycles. The summed E-state index contributed by atoms with van der Waals surface area (Å²) in [7, 11) is 1.64. The Morgan fingerprint density at radius 1 is 1.60 bits per heavy atom. The third kappa shape index (κ3) is 1.57. The van der Waals surface area contributed by atoms with Crippen molar-refractivity contribution in [2.45, 2.75) is 6.42 Å². The van der Waals surface area contributed by atoms with Gasteiger partial charge < -0.3 is 15.4 Å². The average Bonchev–Trinajstić information content (AvgIpc) is 2.71. The SMILES string of the molecule is COc1cccc2c1CCN2C(=O)CN. The molecule has 0 radical (unpaired) electrons. The summed E-state index contributed by atoms with van der Waals surface area (Å²) in [5.74, 6) is 0.807. The molecule has 4 heteroatoms. The molecule has 1 aromatic rings. The van der Waals surface area contributed by atoms with Crippen LogP contribution in [0.3, 0.4) is 0 Å². The van der Waals surface area contributed by atoms with Crippen molar-refractivity contribution in [3.05, 3.63) is 23.8 Å². The van der Waals surface area contributed by atoms with Gasteiger partial charge in [0, 0.05) is 12.1 Å². The lowest BCUT2D eigenvalue weighted by atomic mass is 10.1. The largest absolute Gasteiger partial charge is 0.496 e. The van der Waals surface area contributed by atoms with Gasteiger partial charge in [0.2, 0.25) is 5.91 Å². The van der Waals surface area contributed by atoms with Gasteiger partial charge in [-0.05, 0) is 18.6 Å². The second kappa shape index (κ2) is 3.90. The summed E-state index contributed by atoms with van der Waals surface area (Å²) < 4.78 is 5.25. The Morgan fingerprint density at radius 3 is 3.07 bits per heavy atom. The smallest absolute Gasteiger partial charge is 0.240 e. The molecule has 0 spiro atoms. The monoisotopic (exact) mass is 206 g/mol. The lowest BCUT2D eigenvalue weighted by Gasteiger charge is -2.16. The van der Waals surface area contributed by atoms with Gasteiger partial charge in [0.25, 0.3) is 0 Å². The fourth-order valence-electron chi connectivity index (χ4n) is 1.96. The van der Waals surface area contributed by atoms with Crippen molar-refractivity contribution in [1.29, 1.82) is 0 Å². The molecular formula is C11H14N2O2. The highest BCUT2D eigenvalue weighted by atomic mass is 16.5. The second-order valence-corrected chi connectivity index (χ2v) is 3.46. The first-order valence-corrected chi connectivity index (χ1v) is 4.94. The van der Waals surface area contributed by atoms with Crippen LogP contribution in [-0.2, 0) is 11.2 Å². The third-order valence-corrected chi connectivity index (χ3v) is 2.68. The molecule has 1 aliphatic rings. The normalized spacial score (nSPS) is 13.9. The summed E-state index contributed by atoms with van der Waals surface area (Å²) in [6, 6.07) is 5.73. The number of carbonyl (C=O) groups is 1. The molecule has 15 heavy (non-hydrogen) atoms. The number of nitrogens with zero attached hydrogens (tertiary/aromatic N) is 1. The number of rotatable bonds is 2. The van der Waals surface area contributed by atoms with Gasteiger partial charge in [-0.2, -0.15) is 0 Å². The molecule has 0 fully saturated rings. The molecule has 1 aromatic carbocycles. The van der Waals surface area contributed by atoms with Crippen molar-refractivity contribution in [3.63, 3.8) is 0 Å². The van der Waals surface area contributed by atoms with E-state index < -0.39 is 0 Å². The Bertz CT molecular complexity index is 390. The lowest BCUT2D eigenvalue weighted by Crippen LogP contribution is -2.34. The van der Waals surface area contributed by atoms with Crippen LogP contribution in [-0.4, -0.2) is 26.1 Å². The number of methoxy groups -OCH3 is 1. The summed E-state index contributed by atoms with van der Waals surface area (Å²) >= 11 is 0. The van der Waals surface area contributed by atoms with E-state index in [0.717, 1.165) is 23.4 Å². The molecule has 0 aromatic heterocycles. The molecule has 0 bridgehead atoms. The van der Waals surface area contributed by atoms with Gasteiger partial charge in [0.15, 0.2) is 0 Å². The maximum atomic E-state index is 11.5. The zero-order valence-electron chi connectivity index (χ0n) is 8.69. The Hall–Kier alpha value is -1.55. The van der Waals surface area contributed by atoms with E-state index in [9.17, 15) is 4.79 Å². The Kier molecular flexibility index (Phi) is 2.60. The summed E-state index contributed by atoms with van der Waals surface area (Å²) in [5, 5.41) is 0. The van der Waals surface area contributed by atoms with Crippen LogP contribution in [0, 0.1) is 0 Å². The van der Waals surface area contributed by atoms with Crippen molar-refractivity contribution < 1.29 is 9.53 Å². The zero-order chi connectivity index (χ0) is 10.8. The van der Waals surface area contributed by atoms with Crippen LogP contribution in [0.25, 0.3) is 0 Å². The number of carbonyl (C=O) groups excluding carboxylic acids is 1. The predicted molar refractivity (Wildman–Crippen MR) is 58.1 cm³/mol. The van der Waals surface area contributed by atoms with Crippen LogP contribution in [0.4, 0.5) is 5.69 Å². The highest BCUT2D eigenvalue weighted by Gasteiger charge is 2.25. The van der Waals surface area contributed by atoms with Gasteiger partial charge in [-0.3, -0.25) is 4.79 Å². The zero-order valence-corrected chi connectivity index (χ0v) is 8.69. The van der Waals surface area contributed by atoms with E-state index in [1.807, 2.05) is 18.2 Å². The van der Waals surface area contributed by atoms with E-state index in [1.165, 1.54) is 0 Å². The molecule has 80 valence electrons.